The van der Waals surface area contributed by atoms with Gasteiger partial charge in [-0.3, -0.25) is 9.10 Å². The summed E-state index contributed by atoms with van der Waals surface area (Å²) in [5.74, 6) is -0.479. The smallest absolute Gasteiger partial charge is 0.245 e. The highest BCUT2D eigenvalue weighted by Gasteiger charge is 2.21. The average Bonchev–Trinajstić information content (AvgIpc) is 3.05. The largest absolute Gasteiger partial charge is 0.456 e. The number of nitrogens with one attached hydrogen (secondary N) is 1. The molecular weight excluding hydrogens is 424 g/mol. The van der Waals surface area contributed by atoms with E-state index in [4.69, 9.17) is 16.0 Å². The quantitative estimate of drug-likeness (QED) is 0.474. The highest BCUT2D eigenvalue weighted by molar-refractivity contribution is 7.92. The average molecular weight is 443 g/mol. The lowest BCUT2D eigenvalue weighted by Crippen LogP contribution is -2.37. The Morgan fingerprint density at radius 3 is 2.50 bits per heavy atom. The number of amides is 1. The first kappa shape index (κ1) is 20.3. The van der Waals surface area contributed by atoms with Crippen LogP contribution in [-0.2, 0) is 14.8 Å². The van der Waals surface area contributed by atoms with Crippen molar-refractivity contribution in [1.82, 2.24) is 0 Å². The minimum absolute atomic E-state index is 0.330. The standard InChI is InChI=1S/C22H19ClN2O4S/c1-14-7-9-16(12-19(14)23)25(30(2,27)28)13-22(26)24-15-8-10-18-17-5-3-4-6-20(17)29-21(18)11-15/h3-12H,13H2,1-2H3,(H,24,26). The van der Waals surface area contributed by atoms with E-state index in [1.165, 1.54) is 6.07 Å². The minimum atomic E-state index is -3.69. The molecule has 0 saturated heterocycles. The predicted molar refractivity (Wildman–Crippen MR) is 121 cm³/mol. The molecule has 6 nitrogen and oxygen atoms in total. The summed E-state index contributed by atoms with van der Waals surface area (Å²) in [7, 11) is -3.69. The van der Waals surface area contributed by atoms with Crippen LogP contribution in [0.5, 0.6) is 0 Å². The number of carbonyl (C=O) groups is 1. The molecule has 0 spiro atoms. The minimum Gasteiger partial charge on any atom is -0.456 e. The fourth-order valence-corrected chi connectivity index (χ4v) is 4.29. The van der Waals surface area contributed by atoms with Gasteiger partial charge in [-0.05, 0) is 42.8 Å². The van der Waals surface area contributed by atoms with E-state index in [1.54, 1.807) is 24.3 Å². The third-order valence-electron chi connectivity index (χ3n) is 4.79. The van der Waals surface area contributed by atoms with Gasteiger partial charge in [-0.25, -0.2) is 8.42 Å². The van der Waals surface area contributed by atoms with Crippen LogP contribution in [0.3, 0.4) is 0 Å². The topological polar surface area (TPSA) is 79.6 Å². The van der Waals surface area contributed by atoms with Crippen LogP contribution in [0.1, 0.15) is 5.56 Å². The van der Waals surface area contributed by atoms with Gasteiger partial charge >= 0.3 is 0 Å². The second-order valence-corrected chi connectivity index (χ2v) is 9.37. The number of furan rings is 1. The molecule has 154 valence electrons. The van der Waals surface area contributed by atoms with Crippen molar-refractivity contribution in [3.05, 3.63) is 71.2 Å². The first-order valence-corrected chi connectivity index (χ1v) is 11.4. The lowest BCUT2D eigenvalue weighted by atomic mass is 10.1. The zero-order valence-electron chi connectivity index (χ0n) is 16.3. The Labute approximate surface area is 179 Å². The molecule has 0 saturated carbocycles. The van der Waals surface area contributed by atoms with Gasteiger partial charge in [0.1, 0.15) is 17.7 Å². The van der Waals surface area contributed by atoms with Crippen molar-refractivity contribution in [2.75, 3.05) is 22.4 Å². The molecule has 0 bridgehead atoms. The maximum Gasteiger partial charge on any atom is 0.245 e. The van der Waals surface area contributed by atoms with Crippen molar-refractivity contribution in [3.8, 4) is 0 Å². The maximum atomic E-state index is 12.6. The molecule has 30 heavy (non-hydrogen) atoms. The summed E-state index contributed by atoms with van der Waals surface area (Å²) in [5, 5.41) is 5.10. The van der Waals surface area contributed by atoms with E-state index in [0.29, 0.717) is 22.0 Å². The summed E-state index contributed by atoms with van der Waals surface area (Å²) in [6.45, 7) is 1.44. The number of carbonyl (C=O) groups excluding carboxylic acids is 1. The number of rotatable bonds is 5. The van der Waals surface area contributed by atoms with Crippen LogP contribution in [0.4, 0.5) is 11.4 Å². The third kappa shape index (κ3) is 3.99. The van der Waals surface area contributed by atoms with Gasteiger partial charge in [0.15, 0.2) is 0 Å². The van der Waals surface area contributed by atoms with Crippen LogP contribution < -0.4 is 9.62 Å². The molecule has 1 heterocycles. The highest BCUT2D eigenvalue weighted by atomic mass is 35.5. The molecule has 8 heteroatoms. The number of benzene rings is 3. The number of fused-ring (bicyclic) bond motifs is 3. The fraction of sp³-hybridized carbons (Fsp3) is 0.136. The lowest BCUT2D eigenvalue weighted by Gasteiger charge is -2.22. The van der Waals surface area contributed by atoms with Crippen LogP contribution in [0, 0.1) is 6.92 Å². The number of hydrogen-bond acceptors (Lipinski definition) is 4. The molecule has 3 aromatic carbocycles. The van der Waals surface area contributed by atoms with Crippen LogP contribution >= 0.6 is 11.6 Å². The van der Waals surface area contributed by atoms with Crippen molar-refractivity contribution < 1.29 is 17.6 Å². The van der Waals surface area contributed by atoms with Gasteiger partial charge < -0.3 is 9.73 Å². The second kappa shape index (κ2) is 7.66. The number of halogens is 1. The van der Waals surface area contributed by atoms with E-state index in [0.717, 1.165) is 32.5 Å². The van der Waals surface area contributed by atoms with Gasteiger partial charge in [0.05, 0.1) is 11.9 Å². The fourth-order valence-electron chi connectivity index (χ4n) is 3.27. The van der Waals surface area contributed by atoms with Crippen molar-refractivity contribution in [3.63, 3.8) is 0 Å². The number of anilines is 2. The van der Waals surface area contributed by atoms with Gasteiger partial charge in [-0.15, -0.1) is 0 Å². The molecular formula is C22H19ClN2O4S. The number of aryl methyl sites for hydroxylation is 1. The van der Waals surface area contributed by atoms with E-state index in [9.17, 15) is 13.2 Å². The zero-order chi connectivity index (χ0) is 21.5. The zero-order valence-corrected chi connectivity index (χ0v) is 17.9. The molecule has 1 N–H and O–H groups in total. The summed E-state index contributed by atoms with van der Waals surface area (Å²) >= 11 is 6.13. The van der Waals surface area contributed by atoms with E-state index in [1.807, 2.05) is 37.3 Å². The van der Waals surface area contributed by atoms with Crippen molar-refractivity contribution in [1.29, 1.82) is 0 Å². The molecule has 0 aliphatic rings. The van der Waals surface area contributed by atoms with Gasteiger partial charge in [-0.1, -0.05) is 35.9 Å². The number of nitrogens with zero attached hydrogens (tertiary/aromatic N) is 1. The molecule has 0 aliphatic carbocycles. The Hall–Kier alpha value is -3.03. The molecule has 0 radical (unpaired) electrons. The Balaban J connectivity index is 1.58. The normalized spacial score (nSPS) is 11.7. The molecule has 4 rings (SSSR count). The number of sulfonamides is 1. The van der Waals surface area contributed by atoms with Gasteiger partial charge in [0.25, 0.3) is 0 Å². The molecule has 0 unspecified atom stereocenters. The van der Waals surface area contributed by atoms with Crippen molar-refractivity contribution in [2.24, 2.45) is 0 Å². The molecule has 1 amide bonds. The summed E-state index contributed by atoms with van der Waals surface area (Å²) in [6.07, 6.45) is 1.05. The Morgan fingerprint density at radius 2 is 1.77 bits per heavy atom. The molecule has 1 aromatic heterocycles. The Bertz CT molecular complexity index is 1380. The van der Waals surface area contributed by atoms with Crippen LogP contribution in [0.2, 0.25) is 5.02 Å². The molecule has 4 aromatic rings. The summed E-state index contributed by atoms with van der Waals surface area (Å²) in [5.41, 5.74) is 3.06. The summed E-state index contributed by atoms with van der Waals surface area (Å²) < 4.78 is 31.4. The Morgan fingerprint density at radius 1 is 1.03 bits per heavy atom. The van der Waals surface area contributed by atoms with Crippen molar-refractivity contribution in [2.45, 2.75) is 6.92 Å². The van der Waals surface area contributed by atoms with E-state index in [-0.39, 0.29) is 6.54 Å². The molecule has 0 atom stereocenters. The summed E-state index contributed by atoms with van der Waals surface area (Å²) in [6, 6.07) is 17.9. The van der Waals surface area contributed by atoms with Crippen molar-refractivity contribution >= 4 is 60.8 Å². The summed E-state index contributed by atoms with van der Waals surface area (Å²) in [4.78, 5) is 12.6. The molecule has 0 aliphatic heterocycles. The van der Waals surface area contributed by atoms with Gasteiger partial charge in [0, 0.05) is 27.5 Å². The number of hydrogen-bond donors (Lipinski definition) is 1. The van der Waals surface area contributed by atoms with Crippen LogP contribution in [-0.4, -0.2) is 27.1 Å². The Kier molecular flexibility index (Phi) is 5.17. The maximum absolute atomic E-state index is 12.6. The monoisotopic (exact) mass is 442 g/mol. The predicted octanol–water partition coefficient (Wildman–Crippen LogP) is 4.95. The third-order valence-corrected chi connectivity index (χ3v) is 6.34. The van der Waals surface area contributed by atoms with Gasteiger partial charge in [0.2, 0.25) is 15.9 Å². The van der Waals surface area contributed by atoms with E-state index < -0.39 is 15.9 Å². The molecule has 0 fully saturated rings. The van der Waals surface area contributed by atoms with Crippen LogP contribution in [0.15, 0.2) is 65.1 Å². The first-order chi connectivity index (χ1) is 14.2. The first-order valence-electron chi connectivity index (χ1n) is 9.17. The van der Waals surface area contributed by atoms with Gasteiger partial charge in [-0.2, -0.15) is 0 Å². The van der Waals surface area contributed by atoms with Crippen LogP contribution in [0.25, 0.3) is 21.9 Å². The van der Waals surface area contributed by atoms with E-state index in [2.05, 4.69) is 5.32 Å². The highest BCUT2D eigenvalue weighted by Crippen LogP contribution is 2.30. The number of para-hydroxylation sites is 1. The second-order valence-electron chi connectivity index (χ2n) is 7.06. The van der Waals surface area contributed by atoms with E-state index >= 15 is 0 Å². The lowest BCUT2D eigenvalue weighted by molar-refractivity contribution is -0.114. The SMILES string of the molecule is Cc1ccc(N(CC(=O)Nc2ccc3c(c2)oc2ccccc23)S(C)(=O)=O)cc1Cl.